The van der Waals surface area contributed by atoms with Crippen molar-refractivity contribution in [3.05, 3.63) is 59.7 Å². The molecule has 0 saturated carbocycles. The van der Waals surface area contributed by atoms with Crippen molar-refractivity contribution in [1.82, 2.24) is 9.80 Å². The summed E-state index contributed by atoms with van der Waals surface area (Å²) in [5.74, 6) is 1.98. The van der Waals surface area contributed by atoms with Gasteiger partial charge in [-0.1, -0.05) is 36.2 Å². The predicted octanol–water partition coefficient (Wildman–Crippen LogP) is 4.96. The smallest absolute Gasteiger partial charge is 0.222 e. The maximum Gasteiger partial charge on any atom is 0.222 e. The van der Waals surface area contributed by atoms with E-state index in [-0.39, 0.29) is 0 Å². The van der Waals surface area contributed by atoms with Crippen molar-refractivity contribution in [1.29, 1.82) is 0 Å². The molecule has 2 aromatic rings. The number of carbonyl (C=O) groups excluding carboxylic acids is 1. The van der Waals surface area contributed by atoms with E-state index in [1.807, 2.05) is 41.3 Å². The lowest BCUT2D eigenvalue weighted by molar-refractivity contribution is -0.130. The number of amides is 1. The summed E-state index contributed by atoms with van der Waals surface area (Å²) >= 11 is 0. The Labute approximate surface area is 216 Å². The number of ether oxygens (including phenoxy) is 2. The number of hydrogen-bond acceptors (Lipinski definition) is 5. The average Bonchev–Trinajstić information content (AvgIpc) is 3.19. The van der Waals surface area contributed by atoms with Crippen molar-refractivity contribution in [2.45, 2.75) is 70.4 Å². The van der Waals surface area contributed by atoms with Crippen LogP contribution in [0.3, 0.4) is 0 Å². The van der Waals surface area contributed by atoms with Gasteiger partial charge in [-0.15, -0.1) is 0 Å². The van der Waals surface area contributed by atoms with Gasteiger partial charge in [-0.2, -0.15) is 0 Å². The Morgan fingerprint density at radius 1 is 0.917 bits per heavy atom. The first-order valence-electron chi connectivity index (χ1n) is 13.6. The number of rotatable bonds is 10. The Hall–Kier alpha value is -2.57. The molecule has 0 aliphatic carbocycles. The molecule has 0 radical (unpaired) electrons. The SMILES string of the molecule is Cc1ccc(OC[C@@]2(O)CCCN(Cc3cccc(OCCCN4CCCCCC4=O)c3)CC2)cc1. The molecule has 0 spiro atoms. The van der Waals surface area contributed by atoms with E-state index < -0.39 is 5.60 Å². The second-order valence-corrected chi connectivity index (χ2v) is 10.5. The van der Waals surface area contributed by atoms with Crippen LogP contribution in [0.5, 0.6) is 11.5 Å². The third-order valence-corrected chi connectivity index (χ3v) is 7.36. The summed E-state index contributed by atoms with van der Waals surface area (Å²) in [6.07, 6.45) is 7.23. The average molecular weight is 495 g/mol. The quantitative estimate of drug-likeness (QED) is 0.473. The van der Waals surface area contributed by atoms with Gasteiger partial charge in [-0.3, -0.25) is 9.69 Å². The van der Waals surface area contributed by atoms with E-state index in [0.29, 0.717) is 32.0 Å². The fraction of sp³-hybridized carbons (Fsp3) is 0.567. The van der Waals surface area contributed by atoms with E-state index in [4.69, 9.17) is 9.47 Å². The molecule has 0 unspecified atom stereocenters. The molecular weight excluding hydrogens is 452 g/mol. The maximum atomic E-state index is 12.1. The van der Waals surface area contributed by atoms with Gasteiger partial charge in [0.1, 0.15) is 18.1 Å². The number of aryl methyl sites for hydroxylation is 1. The summed E-state index contributed by atoms with van der Waals surface area (Å²) < 4.78 is 11.9. The fourth-order valence-electron chi connectivity index (χ4n) is 5.10. The van der Waals surface area contributed by atoms with Crippen LogP contribution in [-0.4, -0.2) is 65.8 Å². The van der Waals surface area contributed by atoms with Gasteiger partial charge in [0.2, 0.25) is 5.91 Å². The van der Waals surface area contributed by atoms with Gasteiger partial charge in [-0.25, -0.2) is 0 Å². The second kappa shape index (κ2) is 13.1. The minimum Gasteiger partial charge on any atom is -0.494 e. The molecule has 2 saturated heterocycles. The molecule has 6 nitrogen and oxygen atoms in total. The molecule has 2 aromatic carbocycles. The summed E-state index contributed by atoms with van der Waals surface area (Å²) in [4.78, 5) is 16.6. The predicted molar refractivity (Wildman–Crippen MR) is 142 cm³/mol. The summed E-state index contributed by atoms with van der Waals surface area (Å²) in [6, 6.07) is 16.3. The first-order valence-corrected chi connectivity index (χ1v) is 13.6. The fourth-order valence-corrected chi connectivity index (χ4v) is 5.10. The van der Waals surface area contributed by atoms with Gasteiger partial charge in [0, 0.05) is 32.6 Å². The first kappa shape index (κ1) is 26.5. The van der Waals surface area contributed by atoms with Crippen LogP contribution in [0.2, 0.25) is 0 Å². The topological polar surface area (TPSA) is 62.2 Å². The van der Waals surface area contributed by atoms with Crippen LogP contribution in [0.15, 0.2) is 48.5 Å². The lowest BCUT2D eigenvalue weighted by atomic mass is 9.96. The van der Waals surface area contributed by atoms with E-state index in [1.165, 1.54) is 11.1 Å². The van der Waals surface area contributed by atoms with Crippen molar-refractivity contribution in [2.75, 3.05) is 39.4 Å². The Bertz CT molecular complexity index is 964. The highest BCUT2D eigenvalue weighted by molar-refractivity contribution is 5.76. The number of hydrogen-bond donors (Lipinski definition) is 1. The van der Waals surface area contributed by atoms with Crippen molar-refractivity contribution >= 4 is 5.91 Å². The molecule has 2 fully saturated rings. The van der Waals surface area contributed by atoms with Gasteiger partial charge >= 0.3 is 0 Å². The summed E-state index contributed by atoms with van der Waals surface area (Å²) in [5.41, 5.74) is 1.63. The van der Waals surface area contributed by atoms with E-state index in [9.17, 15) is 9.90 Å². The van der Waals surface area contributed by atoms with Crippen LogP contribution in [-0.2, 0) is 11.3 Å². The Morgan fingerprint density at radius 2 is 1.78 bits per heavy atom. The molecule has 36 heavy (non-hydrogen) atoms. The molecule has 1 amide bonds. The Kier molecular flexibility index (Phi) is 9.65. The molecule has 2 aliphatic rings. The zero-order valence-corrected chi connectivity index (χ0v) is 21.8. The molecule has 196 valence electrons. The van der Waals surface area contributed by atoms with E-state index in [0.717, 1.165) is 82.7 Å². The van der Waals surface area contributed by atoms with Gasteiger partial charge in [0.05, 0.1) is 12.2 Å². The lowest BCUT2D eigenvalue weighted by Crippen LogP contribution is -2.37. The zero-order chi connectivity index (χ0) is 25.2. The van der Waals surface area contributed by atoms with Crippen LogP contribution in [0.1, 0.15) is 62.5 Å². The van der Waals surface area contributed by atoms with Gasteiger partial charge in [0.15, 0.2) is 0 Å². The maximum absolute atomic E-state index is 12.1. The van der Waals surface area contributed by atoms with E-state index in [1.54, 1.807) is 0 Å². The zero-order valence-electron chi connectivity index (χ0n) is 21.8. The van der Waals surface area contributed by atoms with Crippen molar-refractivity contribution in [3.63, 3.8) is 0 Å². The summed E-state index contributed by atoms with van der Waals surface area (Å²) in [6.45, 7) is 7.31. The number of nitrogens with zero attached hydrogens (tertiary/aromatic N) is 2. The molecule has 2 aliphatic heterocycles. The Morgan fingerprint density at radius 3 is 2.64 bits per heavy atom. The van der Waals surface area contributed by atoms with Crippen LogP contribution in [0.25, 0.3) is 0 Å². The van der Waals surface area contributed by atoms with Gasteiger partial charge in [0.25, 0.3) is 0 Å². The number of benzene rings is 2. The molecule has 0 bridgehead atoms. The third kappa shape index (κ3) is 8.24. The molecule has 6 heteroatoms. The number of carbonyl (C=O) groups is 1. The van der Waals surface area contributed by atoms with Gasteiger partial charge < -0.3 is 19.5 Å². The highest BCUT2D eigenvalue weighted by Crippen LogP contribution is 2.26. The number of likely N-dealkylation sites (tertiary alicyclic amines) is 2. The first-order chi connectivity index (χ1) is 17.5. The number of aliphatic hydroxyl groups is 1. The highest BCUT2D eigenvalue weighted by Gasteiger charge is 2.31. The van der Waals surface area contributed by atoms with Crippen molar-refractivity contribution in [2.24, 2.45) is 0 Å². The van der Waals surface area contributed by atoms with Crippen LogP contribution < -0.4 is 9.47 Å². The molecule has 1 atom stereocenters. The molecular formula is C30H42N2O4. The van der Waals surface area contributed by atoms with Crippen LogP contribution >= 0.6 is 0 Å². The highest BCUT2D eigenvalue weighted by atomic mass is 16.5. The van der Waals surface area contributed by atoms with Crippen molar-refractivity contribution < 1.29 is 19.4 Å². The largest absolute Gasteiger partial charge is 0.494 e. The minimum atomic E-state index is -0.792. The molecule has 0 aromatic heterocycles. The van der Waals surface area contributed by atoms with Crippen LogP contribution in [0, 0.1) is 6.92 Å². The molecule has 2 heterocycles. The summed E-state index contributed by atoms with van der Waals surface area (Å²) in [7, 11) is 0. The monoisotopic (exact) mass is 494 g/mol. The molecule has 4 rings (SSSR count). The van der Waals surface area contributed by atoms with Crippen LogP contribution in [0.4, 0.5) is 0 Å². The summed E-state index contributed by atoms with van der Waals surface area (Å²) in [5, 5.41) is 11.1. The third-order valence-electron chi connectivity index (χ3n) is 7.36. The normalized spacial score (nSPS) is 21.6. The van der Waals surface area contributed by atoms with E-state index >= 15 is 0 Å². The lowest BCUT2D eigenvalue weighted by Gasteiger charge is -2.27. The van der Waals surface area contributed by atoms with E-state index in [2.05, 4.69) is 24.0 Å². The van der Waals surface area contributed by atoms with Crippen molar-refractivity contribution in [3.8, 4) is 11.5 Å². The Balaban J connectivity index is 1.20. The standard InChI is InChI=1S/C30H42N2O4/c1-25-11-13-27(14-12-25)36-24-30(34)15-6-17-31(20-16-30)23-26-8-5-9-28(22-26)35-21-7-19-32-18-4-2-3-10-29(32)33/h5,8-9,11-14,22,34H,2-4,6-7,10,15-21,23-24H2,1H3/t30-/m1/s1. The molecule has 1 N–H and O–H groups in total. The second-order valence-electron chi connectivity index (χ2n) is 10.5. The van der Waals surface area contributed by atoms with Gasteiger partial charge in [-0.05, 0) is 81.8 Å². The minimum absolute atomic E-state index is 0.292.